The Morgan fingerprint density at radius 1 is 1.00 bits per heavy atom. The van der Waals surface area contributed by atoms with Crippen molar-refractivity contribution >= 4 is 11.6 Å². The lowest BCUT2D eigenvalue weighted by Gasteiger charge is -2.22. The molecule has 112 valence electrons. The summed E-state index contributed by atoms with van der Waals surface area (Å²) in [6.45, 7) is -0.545. The standard InChI is InChI=1S/C16H12O6/c1-22-16-9(6-17)11(19)5-8-13(16)14(20)7-3-2-4-10(18)12(7)15(8)21/h2-5,17-19H,6H2,1H3. The van der Waals surface area contributed by atoms with E-state index in [1.807, 2.05) is 0 Å². The van der Waals surface area contributed by atoms with Crippen molar-refractivity contribution in [1.82, 2.24) is 0 Å². The summed E-state index contributed by atoms with van der Waals surface area (Å²) in [6.07, 6.45) is 0. The van der Waals surface area contributed by atoms with Gasteiger partial charge in [0.05, 0.1) is 30.4 Å². The van der Waals surface area contributed by atoms with E-state index in [0.29, 0.717) is 0 Å². The highest BCUT2D eigenvalue weighted by Gasteiger charge is 2.36. The van der Waals surface area contributed by atoms with Crippen molar-refractivity contribution in [1.29, 1.82) is 0 Å². The third-order valence-corrected chi connectivity index (χ3v) is 3.71. The van der Waals surface area contributed by atoms with Crippen LogP contribution < -0.4 is 4.74 Å². The summed E-state index contributed by atoms with van der Waals surface area (Å²) in [6, 6.07) is 5.32. The summed E-state index contributed by atoms with van der Waals surface area (Å²) in [5.41, 5.74) is -0.0902. The Morgan fingerprint density at radius 2 is 1.68 bits per heavy atom. The average molecular weight is 300 g/mol. The molecule has 3 rings (SSSR count). The summed E-state index contributed by atoms with van der Waals surface area (Å²) < 4.78 is 5.12. The molecular formula is C16H12O6. The Labute approximate surface area is 125 Å². The molecule has 1 aliphatic rings. The van der Waals surface area contributed by atoms with Gasteiger partial charge in [0, 0.05) is 11.1 Å². The first-order valence-electron chi connectivity index (χ1n) is 6.46. The molecule has 2 aromatic rings. The van der Waals surface area contributed by atoms with E-state index in [-0.39, 0.29) is 45.1 Å². The molecular weight excluding hydrogens is 288 g/mol. The summed E-state index contributed by atoms with van der Waals surface area (Å²) in [5.74, 6) is -1.78. The molecule has 3 N–H and O–H groups in total. The molecule has 0 unspecified atom stereocenters. The number of ether oxygens (including phenoxy) is 1. The number of fused-ring (bicyclic) bond motifs is 2. The number of aromatic hydroxyl groups is 2. The molecule has 0 spiro atoms. The van der Waals surface area contributed by atoms with Crippen molar-refractivity contribution in [2.75, 3.05) is 7.11 Å². The molecule has 0 bridgehead atoms. The molecule has 0 atom stereocenters. The van der Waals surface area contributed by atoms with E-state index in [4.69, 9.17) is 4.74 Å². The van der Waals surface area contributed by atoms with Gasteiger partial charge in [-0.25, -0.2) is 0 Å². The number of aliphatic hydroxyl groups excluding tert-OH is 1. The summed E-state index contributed by atoms with van der Waals surface area (Å²) in [5, 5.41) is 29.1. The topological polar surface area (TPSA) is 104 Å². The summed E-state index contributed by atoms with van der Waals surface area (Å²) in [4.78, 5) is 25.2. The minimum atomic E-state index is -0.583. The molecule has 0 aliphatic heterocycles. The zero-order valence-corrected chi connectivity index (χ0v) is 11.6. The van der Waals surface area contributed by atoms with E-state index >= 15 is 0 Å². The molecule has 0 amide bonds. The van der Waals surface area contributed by atoms with E-state index < -0.39 is 18.2 Å². The Kier molecular flexibility index (Phi) is 3.11. The minimum Gasteiger partial charge on any atom is -0.507 e. The molecule has 6 heteroatoms. The average Bonchev–Trinajstić information content (AvgIpc) is 2.51. The molecule has 0 radical (unpaired) electrons. The first kappa shape index (κ1) is 14.1. The van der Waals surface area contributed by atoms with Crippen LogP contribution in [-0.4, -0.2) is 34.0 Å². The third kappa shape index (κ3) is 1.71. The highest BCUT2D eigenvalue weighted by molar-refractivity contribution is 6.30. The van der Waals surface area contributed by atoms with Crippen LogP contribution in [0.3, 0.4) is 0 Å². The first-order chi connectivity index (χ1) is 10.5. The van der Waals surface area contributed by atoms with Crippen molar-refractivity contribution < 1.29 is 29.6 Å². The van der Waals surface area contributed by atoms with Gasteiger partial charge in [-0.15, -0.1) is 0 Å². The van der Waals surface area contributed by atoms with Crippen LogP contribution in [0.1, 0.15) is 37.4 Å². The van der Waals surface area contributed by atoms with Crippen molar-refractivity contribution in [2.45, 2.75) is 6.61 Å². The number of phenolic OH excluding ortho intramolecular Hbond substituents is 1. The largest absolute Gasteiger partial charge is 0.507 e. The zero-order valence-electron chi connectivity index (χ0n) is 11.6. The highest BCUT2D eigenvalue weighted by atomic mass is 16.5. The van der Waals surface area contributed by atoms with E-state index in [9.17, 15) is 24.9 Å². The fraction of sp³-hybridized carbons (Fsp3) is 0.125. The van der Waals surface area contributed by atoms with Crippen LogP contribution in [0.5, 0.6) is 17.2 Å². The number of methoxy groups -OCH3 is 1. The van der Waals surface area contributed by atoms with Crippen molar-refractivity contribution in [2.24, 2.45) is 0 Å². The Hall–Kier alpha value is -2.86. The minimum absolute atomic E-state index is 0.0209. The molecule has 2 aromatic carbocycles. The van der Waals surface area contributed by atoms with Gasteiger partial charge in [-0.1, -0.05) is 12.1 Å². The van der Waals surface area contributed by atoms with Crippen molar-refractivity contribution in [3.05, 3.63) is 52.1 Å². The van der Waals surface area contributed by atoms with Gasteiger partial charge < -0.3 is 20.1 Å². The summed E-state index contributed by atoms with van der Waals surface area (Å²) in [7, 11) is 1.28. The van der Waals surface area contributed by atoms with Crippen LogP contribution >= 0.6 is 0 Å². The Bertz CT molecular complexity index is 822. The second-order valence-electron chi connectivity index (χ2n) is 4.85. The van der Waals surface area contributed by atoms with Crippen LogP contribution in [-0.2, 0) is 6.61 Å². The number of hydrogen-bond acceptors (Lipinski definition) is 6. The number of phenols is 2. The maximum Gasteiger partial charge on any atom is 0.198 e. The highest BCUT2D eigenvalue weighted by Crippen LogP contribution is 2.41. The number of benzene rings is 2. The van der Waals surface area contributed by atoms with Crippen molar-refractivity contribution in [3.63, 3.8) is 0 Å². The smallest absolute Gasteiger partial charge is 0.198 e. The van der Waals surface area contributed by atoms with Crippen LogP contribution in [0.2, 0.25) is 0 Å². The zero-order chi connectivity index (χ0) is 16.0. The quantitative estimate of drug-likeness (QED) is 0.660. The summed E-state index contributed by atoms with van der Waals surface area (Å²) >= 11 is 0. The van der Waals surface area contributed by atoms with Crippen molar-refractivity contribution in [3.8, 4) is 17.2 Å². The maximum atomic E-state index is 12.7. The van der Waals surface area contributed by atoms with Crippen LogP contribution in [0.15, 0.2) is 24.3 Å². The fourth-order valence-corrected chi connectivity index (χ4v) is 2.71. The van der Waals surface area contributed by atoms with Gasteiger partial charge in [0.1, 0.15) is 17.2 Å². The second-order valence-corrected chi connectivity index (χ2v) is 4.85. The Morgan fingerprint density at radius 3 is 2.32 bits per heavy atom. The van der Waals surface area contributed by atoms with Gasteiger partial charge in [0.15, 0.2) is 11.6 Å². The molecule has 22 heavy (non-hydrogen) atoms. The van der Waals surface area contributed by atoms with Gasteiger partial charge in [-0.3, -0.25) is 9.59 Å². The van der Waals surface area contributed by atoms with Gasteiger partial charge in [-0.05, 0) is 12.1 Å². The molecule has 0 saturated heterocycles. The maximum absolute atomic E-state index is 12.7. The second kappa shape index (κ2) is 4.85. The van der Waals surface area contributed by atoms with Gasteiger partial charge >= 0.3 is 0 Å². The van der Waals surface area contributed by atoms with E-state index in [0.717, 1.165) is 6.07 Å². The number of carbonyl (C=O) groups is 2. The van der Waals surface area contributed by atoms with Crippen LogP contribution in [0.4, 0.5) is 0 Å². The molecule has 0 aromatic heterocycles. The number of ketones is 2. The number of aliphatic hydroxyl groups is 1. The molecule has 6 nitrogen and oxygen atoms in total. The van der Waals surface area contributed by atoms with Gasteiger partial charge in [-0.2, -0.15) is 0 Å². The number of rotatable bonds is 2. The first-order valence-corrected chi connectivity index (χ1v) is 6.46. The molecule has 0 heterocycles. The van der Waals surface area contributed by atoms with Crippen LogP contribution in [0, 0.1) is 0 Å². The molecule has 1 aliphatic carbocycles. The van der Waals surface area contributed by atoms with Crippen LogP contribution in [0.25, 0.3) is 0 Å². The normalized spacial score (nSPS) is 12.8. The Balaban J connectivity index is 2.40. The predicted octanol–water partition coefficient (Wildman–Crippen LogP) is 1.37. The number of carbonyl (C=O) groups excluding carboxylic acids is 2. The predicted molar refractivity (Wildman–Crippen MR) is 75.6 cm³/mol. The number of hydrogen-bond donors (Lipinski definition) is 3. The van der Waals surface area contributed by atoms with E-state index in [2.05, 4.69) is 0 Å². The lowest BCUT2D eigenvalue weighted by atomic mass is 9.82. The monoisotopic (exact) mass is 300 g/mol. The van der Waals surface area contributed by atoms with Gasteiger partial charge in [0.25, 0.3) is 0 Å². The van der Waals surface area contributed by atoms with E-state index in [1.54, 1.807) is 0 Å². The molecule has 0 fully saturated rings. The lowest BCUT2D eigenvalue weighted by molar-refractivity contribution is 0.0973. The molecule has 0 saturated carbocycles. The third-order valence-electron chi connectivity index (χ3n) is 3.71. The SMILES string of the molecule is COc1c(CO)c(O)cc2c1C(=O)c1cccc(O)c1C2=O. The fourth-order valence-electron chi connectivity index (χ4n) is 2.71. The van der Waals surface area contributed by atoms with Gasteiger partial charge in [0.2, 0.25) is 0 Å². The van der Waals surface area contributed by atoms with E-state index in [1.165, 1.54) is 25.3 Å². The lowest BCUT2D eigenvalue weighted by Crippen LogP contribution is -2.22.